The van der Waals surface area contributed by atoms with E-state index in [9.17, 15) is 18.0 Å². The lowest BCUT2D eigenvalue weighted by Crippen LogP contribution is -2.23. The van der Waals surface area contributed by atoms with Gasteiger partial charge in [-0.2, -0.15) is 0 Å². The van der Waals surface area contributed by atoms with Crippen LogP contribution in [0, 0.1) is 17.5 Å². The summed E-state index contributed by atoms with van der Waals surface area (Å²) in [5.74, 6) is -1.35. The predicted octanol–water partition coefficient (Wildman–Crippen LogP) is 5.47. The van der Waals surface area contributed by atoms with E-state index in [2.05, 4.69) is 15.5 Å². The smallest absolute Gasteiger partial charge is 0.237 e. The fraction of sp³-hybridized carbons (Fsp3) is 0.0870. The first-order valence-electron chi connectivity index (χ1n) is 9.62. The van der Waals surface area contributed by atoms with Crippen molar-refractivity contribution >= 4 is 23.4 Å². The van der Waals surface area contributed by atoms with Crippen molar-refractivity contribution < 1.29 is 18.0 Å². The van der Waals surface area contributed by atoms with Gasteiger partial charge in [-0.25, -0.2) is 13.2 Å². The van der Waals surface area contributed by atoms with E-state index in [0.29, 0.717) is 22.2 Å². The highest BCUT2D eigenvalue weighted by Crippen LogP contribution is 2.31. The van der Waals surface area contributed by atoms with Crippen LogP contribution in [0.5, 0.6) is 0 Å². The Morgan fingerprint density at radius 3 is 2.19 bits per heavy atom. The Kier molecular flexibility index (Phi) is 6.27. The van der Waals surface area contributed by atoms with Crippen LogP contribution in [0.4, 0.5) is 18.9 Å². The van der Waals surface area contributed by atoms with E-state index < -0.39 is 28.6 Å². The Hall–Kier alpha value is -3.59. The quantitative estimate of drug-likeness (QED) is 0.393. The minimum Gasteiger partial charge on any atom is -0.323 e. The molecule has 4 aromatic rings. The van der Waals surface area contributed by atoms with Gasteiger partial charge in [0.15, 0.2) is 11.0 Å². The molecular weight excluding hydrogens is 437 g/mol. The maximum Gasteiger partial charge on any atom is 0.237 e. The van der Waals surface area contributed by atoms with Gasteiger partial charge in [0.1, 0.15) is 17.5 Å². The molecule has 0 fully saturated rings. The second-order valence-electron chi connectivity index (χ2n) is 6.85. The molecule has 5 nitrogen and oxygen atoms in total. The molecule has 3 aromatic carbocycles. The summed E-state index contributed by atoms with van der Waals surface area (Å²) < 4.78 is 42.4. The number of halogens is 3. The fourth-order valence-corrected chi connectivity index (χ4v) is 3.83. The maximum atomic E-state index is 13.9. The van der Waals surface area contributed by atoms with Crippen molar-refractivity contribution in [3.63, 3.8) is 0 Å². The zero-order valence-electron chi connectivity index (χ0n) is 16.8. The molecule has 1 atom stereocenters. The molecule has 1 N–H and O–H groups in total. The van der Waals surface area contributed by atoms with E-state index >= 15 is 0 Å². The third-order valence-electron chi connectivity index (χ3n) is 4.60. The van der Waals surface area contributed by atoms with E-state index in [-0.39, 0.29) is 5.69 Å². The highest BCUT2D eigenvalue weighted by molar-refractivity contribution is 8.00. The number of para-hydroxylation sites is 1. The van der Waals surface area contributed by atoms with Crippen molar-refractivity contribution in [2.24, 2.45) is 0 Å². The molecule has 0 aliphatic rings. The number of nitrogens with zero attached hydrogens (tertiary/aromatic N) is 3. The normalized spacial score (nSPS) is 11.9. The summed E-state index contributed by atoms with van der Waals surface area (Å²) in [6.07, 6.45) is 0. The van der Waals surface area contributed by atoms with Crippen molar-refractivity contribution in [1.29, 1.82) is 0 Å². The lowest BCUT2D eigenvalue weighted by atomic mass is 10.2. The highest BCUT2D eigenvalue weighted by Gasteiger charge is 2.22. The molecular formula is C23H17F3N4OS. The maximum absolute atomic E-state index is 13.9. The second kappa shape index (κ2) is 9.27. The van der Waals surface area contributed by atoms with Crippen LogP contribution < -0.4 is 5.32 Å². The minimum atomic E-state index is -0.654. The fourth-order valence-electron chi connectivity index (χ4n) is 2.96. The van der Waals surface area contributed by atoms with Crippen LogP contribution in [0.25, 0.3) is 17.1 Å². The van der Waals surface area contributed by atoms with E-state index in [0.717, 1.165) is 11.8 Å². The van der Waals surface area contributed by atoms with Crippen molar-refractivity contribution in [3.8, 4) is 17.1 Å². The number of anilines is 1. The largest absolute Gasteiger partial charge is 0.323 e. The number of carbonyl (C=O) groups is 1. The molecule has 0 radical (unpaired) electrons. The molecule has 0 saturated carbocycles. The van der Waals surface area contributed by atoms with Crippen LogP contribution in [-0.2, 0) is 4.79 Å². The summed E-state index contributed by atoms with van der Waals surface area (Å²) in [6, 6.07) is 17.3. The molecule has 4 rings (SSSR count). The predicted molar refractivity (Wildman–Crippen MR) is 117 cm³/mol. The molecule has 9 heteroatoms. The summed E-state index contributed by atoms with van der Waals surface area (Å²) >= 11 is 1.11. The van der Waals surface area contributed by atoms with Crippen molar-refractivity contribution in [3.05, 3.63) is 90.2 Å². The average molecular weight is 454 g/mol. The third kappa shape index (κ3) is 4.67. The van der Waals surface area contributed by atoms with E-state index in [1.54, 1.807) is 41.8 Å². The summed E-state index contributed by atoms with van der Waals surface area (Å²) in [7, 11) is 0. The van der Waals surface area contributed by atoms with Gasteiger partial charge in [0.2, 0.25) is 5.91 Å². The van der Waals surface area contributed by atoms with Crippen LogP contribution in [0.1, 0.15) is 6.92 Å². The lowest BCUT2D eigenvalue weighted by Gasteiger charge is -2.14. The van der Waals surface area contributed by atoms with Gasteiger partial charge in [0.25, 0.3) is 0 Å². The first-order valence-corrected chi connectivity index (χ1v) is 10.5. The van der Waals surface area contributed by atoms with E-state index in [1.807, 2.05) is 0 Å². The number of hydrogen-bond donors (Lipinski definition) is 1. The number of amides is 1. The van der Waals surface area contributed by atoms with Gasteiger partial charge in [0.05, 0.1) is 10.9 Å². The van der Waals surface area contributed by atoms with Gasteiger partial charge in [0, 0.05) is 11.3 Å². The van der Waals surface area contributed by atoms with Crippen molar-refractivity contribution in [2.75, 3.05) is 5.32 Å². The number of thioether (sulfide) groups is 1. The minimum absolute atomic E-state index is 0.0805. The first kappa shape index (κ1) is 21.6. The Morgan fingerprint density at radius 2 is 1.53 bits per heavy atom. The summed E-state index contributed by atoms with van der Waals surface area (Å²) in [6.45, 7) is 1.65. The van der Waals surface area contributed by atoms with Gasteiger partial charge in [-0.1, -0.05) is 23.9 Å². The molecule has 1 aromatic heterocycles. The monoisotopic (exact) mass is 454 g/mol. The van der Waals surface area contributed by atoms with Crippen molar-refractivity contribution in [1.82, 2.24) is 14.8 Å². The molecule has 0 bridgehead atoms. The number of hydrogen-bond acceptors (Lipinski definition) is 4. The SMILES string of the molecule is CC(Sc1nnc(-c2ccc(F)cc2)n1-c1ccc(F)cc1)C(=O)Nc1ccccc1F. The molecule has 0 aliphatic heterocycles. The van der Waals surface area contributed by atoms with Gasteiger partial charge < -0.3 is 5.32 Å². The van der Waals surface area contributed by atoms with Gasteiger partial charge >= 0.3 is 0 Å². The molecule has 0 aliphatic carbocycles. The molecule has 32 heavy (non-hydrogen) atoms. The summed E-state index contributed by atoms with van der Waals surface area (Å²) in [5, 5.41) is 10.7. The summed E-state index contributed by atoms with van der Waals surface area (Å²) in [4.78, 5) is 12.6. The Balaban J connectivity index is 1.66. The molecule has 162 valence electrons. The summed E-state index contributed by atoms with van der Waals surface area (Å²) in [5.41, 5.74) is 1.25. The van der Waals surface area contributed by atoms with Gasteiger partial charge in [-0.05, 0) is 67.6 Å². The average Bonchev–Trinajstić information content (AvgIpc) is 3.19. The molecule has 1 unspecified atom stereocenters. The van der Waals surface area contributed by atoms with E-state index in [1.165, 1.54) is 42.5 Å². The Labute approximate surface area is 186 Å². The lowest BCUT2D eigenvalue weighted by molar-refractivity contribution is -0.115. The number of benzene rings is 3. The van der Waals surface area contributed by atoms with E-state index in [4.69, 9.17) is 0 Å². The Morgan fingerprint density at radius 1 is 0.906 bits per heavy atom. The Bertz CT molecular complexity index is 1240. The van der Waals surface area contributed by atoms with Gasteiger partial charge in [-0.15, -0.1) is 10.2 Å². The highest BCUT2D eigenvalue weighted by atomic mass is 32.2. The van der Waals surface area contributed by atoms with Gasteiger partial charge in [-0.3, -0.25) is 9.36 Å². The van der Waals surface area contributed by atoms with Crippen LogP contribution in [0.15, 0.2) is 78.0 Å². The zero-order valence-corrected chi connectivity index (χ0v) is 17.6. The molecule has 1 heterocycles. The molecule has 0 spiro atoms. The number of aromatic nitrogens is 3. The number of carbonyl (C=O) groups excluding carboxylic acids is 1. The zero-order chi connectivity index (χ0) is 22.7. The van der Waals surface area contributed by atoms with Crippen molar-refractivity contribution in [2.45, 2.75) is 17.3 Å². The second-order valence-corrected chi connectivity index (χ2v) is 8.16. The number of nitrogens with one attached hydrogen (secondary N) is 1. The molecule has 0 saturated heterocycles. The van der Waals surface area contributed by atoms with Crippen LogP contribution in [0.3, 0.4) is 0 Å². The van der Waals surface area contributed by atoms with Crippen LogP contribution in [0.2, 0.25) is 0 Å². The van der Waals surface area contributed by atoms with Crippen LogP contribution >= 0.6 is 11.8 Å². The standard InChI is InChI=1S/C23H17F3N4OS/c1-14(22(31)27-20-5-3-2-4-19(20)26)32-23-29-28-21(15-6-8-16(24)9-7-15)30(23)18-12-10-17(25)11-13-18/h2-14H,1H3,(H,27,31). The number of rotatable bonds is 6. The topological polar surface area (TPSA) is 59.8 Å². The third-order valence-corrected chi connectivity index (χ3v) is 5.65. The first-order chi connectivity index (χ1) is 15.4. The van der Waals surface area contributed by atoms with Crippen LogP contribution in [-0.4, -0.2) is 25.9 Å². The molecule has 1 amide bonds.